The first kappa shape index (κ1) is 55.0. The zero-order chi connectivity index (χ0) is 49.6. The standard InChI is InChI=1S/C53H77N3O11/c1-14-44(66-46(57)30-38-21-27-42(62-12)28-22-38)35(5)50(60)67-45(15-2)53(9,61)49(59)36(6)47(55-54-37(7)39-23-25-41(26-24-39)40-19-17-16-18-20-40)33(3)31-52(8,63-13)32-64-51-48(58)43(56(10)11)29-34(4)65-51/h16-28,33-37,43-45,47-48,51,58,61H,14-15,29-32H2,1-13H3. The number of methoxy groups -OCH3 is 2. The van der Waals surface area contributed by atoms with E-state index in [1.165, 1.54) is 6.92 Å². The van der Waals surface area contributed by atoms with Gasteiger partial charge >= 0.3 is 11.9 Å². The van der Waals surface area contributed by atoms with Crippen LogP contribution in [-0.2, 0) is 44.5 Å². The maximum Gasteiger partial charge on any atom is 0.312 e. The summed E-state index contributed by atoms with van der Waals surface area (Å²) in [6.07, 6.45) is -2.46. The fourth-order valence-electron chi connectivity index (χ4n) is 8.91. The summed E-state index contributed by atoms with van der Waals surface area (Å²) in [7, 11) is 6.98. The predicted molar refractivity (Wildman–Crippen MR) is 258 cm³/mol. The van der Waals surface area contributed by atoms with Crippen LogP contribution < -0.4 is 4.74 Å². The highest BCUT2D eigenvalue weighted by molar-refractivity contribution is 5.90. The van der Waals surface area contributed by atoms with Crippen LogP contribution >= 0.6 is 0 Å². The molecule has 2 N–H and O–H groups in total. The minimum Gasteiger partial charge on any atom is -0.497 e. The number of carbonyl (C=O) groups excluding carboxylic acids is 3. The Bertz CT molecular complexity index is 2030. The van der Waals surface area contributed by atoms with Gasteiger partial charge in [0.05, 0.1) is 49.8 Å². The Morgan fingerprint density at radius 3 is 2.04 bits per heavy atom. The van der Waals surface area contributed by atoms with E-state index in [0.29, 0.717) is 25.0 Å². The maximum absolute atomic E-state index is 14.7. The molecule has 13 unspecified atom stereocenters. The molecule has 13 atom stereocenters. The fraction of sp³-hybridized carbons (Fsp3) is 0.604. The molecule has 14 nitrogen and oxygen atoms in total. The van der Waals surface area contributed by atoms with Gasteiger partial charge in [0.15, 0.2) is 17.7 Å². The van der Waals surface area contributed by atoms with Crippen LogP contribution in [0.2, 0.25) is 0 Å². The quantitative estimate of drug-likeness (QED) is 0.0613. The van der Waals surface area contributed by atoms with Crippen molar-refractivity contribution in [3.63, 3.8) is 0 Å². The molecule has 67 heavy (non-hydrogen) atoms. The first-order valence-corrected chi connectivity index (χ1v) is 23.7. The van der Waals surface area contributed by atoms with Gasteiger partial charge in [0.25, 0.3) is 0 Å². The largest absolute Gasteiger partial charge is 0.497 e. The number of nitrogens with zero attached hydrogens (tertiary/aromatic N) is 3. The first-order valence-electron chi connectivity index (χ1n) is 23.7. The number of benzene rings is 3. The molecular weight excluding hydrogens is 855 g/mol. The second-order valence-corrected chi connectivity index (χ2v) is 19.0. The Morgan fingerprint density at radius 1 is 0.851 bits per heavy atom. The van der Waals surface area contributed by atoms with Gasteiger partial charge in [-0.25, -0.2) is 0 Å². The lowest BCUT2D eigenvalue weighted by Gasteiger charge is -2.42. The van der Waals surface area contributed by atoms with Crippen molar-refractivity contribution in [1.29, 1.82) is 0 Å². The molecule has 1 fully saturated rings. The highest BCUT2D eigenvalue weighted by atomic mass is 16.7. The molecule has 14 heteroatoms. The number of rotatable bonds is 25. The van der Waals surface area contributed by atoms with Gasteiger partial charge in [-0.1, -0.05) is 94.4 Å². The molecular formula is C53H77N3O11. The van der Waals surface area contributed by atoms with E-state index in [2.05, 4.69) is 12.1 Å². The summed E-state index contributed by atoms with van der Waals surface area (Å²) >= 11 is 0. The summed E-state index contributed by atoms with van der Waals surface area (Å²) in [4.78, 5) is 43.4. The molecule has 370 valence electrons. The molecule has 0 bridgehead atoms. The molecule has 0 amide bonds. The summed E-state index contributed by atoms with van der Waals surface area (Å²) in [5.74, 6) is -3.30. The number of hydrogen-bond acceptors (Lipinski definition) is 14. The van der Waals surface area contributed by atoms with Crippen LogP contribution in [0.15, 0.2) is 89.1 Å². The van der Waals surface area contributed by atoms with Crippen molar-refractivity contribution in [3.05, 3.63) is 90.0 Å². The second-order valence-electron chi connectivity index (χ2n) is 19.0. The van der Waals surface area contributed by atoms with Crippen molar-refractivity contribution in [2.45, 2.75) is 154 Å². The lowest BCUT2D eigenvalue weighted by Crippen LogP contribution is -2.55. The van der Waals surface area contributed by atoms with Crippen molar-refractivity contribution in [3.8, 4) is 16.9 Å². The van der Waals surface area contributed by atoms with Crippen molar-refractivity contribution in [2.75, 3.05) is 34.9 Å². The monoisotopic (exact) mass is 932 g/mol. The molecule has 0 aromatic heterocycles. The third-order valence-electron chi connectivity index (χ3n) is 13.3. The number of likely N-dealkylation sites (N-methyl/N-ethyl adjacent to an activating group) is 1. The van der Waals surface area contributed by atoms with Crippen LogP contribution in [-0.4, -0.2) is 122 Å². The number of azo groups is 1. The predicted octanol–water partition coefficient (Wildman–Crippen LogP) is 8.60. The van der Waals surface area contributed by atoms with Gasteiger partial charge in [-0.05, 0) is 115 Å². The number of carbonyl (C=O) groups is 3. The first-order chi connectivity index (χ1) is 31.7. The summed E-state index contributed by atoms with van der Waals surface area (Å²) < 4.78 is 35.3. The summed E-state index contributed by atoms with van der Waals surface area (Å²) in [5.41, 5.74) is 0.767. The van der Waals surface area contributed by atoms with Crippen LogP contribution in [0.4, 0.5) is 0 Å². The van der Waals surface area contributed by atoms with Gasteiger partial charge < -0.3 is 43.5 Å². The van der Waals surface area contributed by atoms with Gasteiger partial charge in [0, 0.05) is 19.1 Å². The van der Waals surface area contributed by atoms with Crippen LogP contribution in [0.3, 0.4) is 0 Å². The average molecular weight is 932 g/mol. The van der Waals surface area contributed by atoms with E-state index >= 15 is 0 Å². The van der Waals surface area contributed by atoms with E-state index in [4.69, 9.17) is 38.6 Å². The molecule has 0 radical (unpaired) electrons. The third kappa shape index (κ3) is 15.0. The molecule has 3 aromatic carbocycles. The normalized spacial score (nSPS) is 22.6. The van der Waals surface area contributed by atoms with Gasteiger partial charge in [0.1, 0.15) is 24.1 Å². The van der Waals surface area contributed by atoms with Gasteiger partial charge in [-0.2, -0.15) is 10.2 Å². The lowest BCUT2D eigenvalue weighted by molar-refractivity contribution is -0.267. The van der Waals surface area contributed by atoms with Crippen molar-refractivity contribution >= 4 is 17.7 Å². The minimum atomic E-state index is -2.13. The van der Waals surface area contributed by atoms with E-state index < -0.39 is 71.4 Å². The van der Waals surface area contributed by atoms with Crippen LogP contribution in [0.25, 0.3) is 11.1 Å². The zero-order valence-electron chi connectivity index (χ0n) is 42.0. The Balaban J connectivity index is 1.55. The van der Waals surface area contributed by atoms with E-state index in [-0.39, 0.29) is 43.6 Å². The number of hydrogen-bond donors (Lipinski definition) is 2. The number of aliphatic hydroxyl groups is 2. The number of esters is 2. The SMILES string of the molecule is CCC(OC(=O)Cc1ccc(OC)cc1)C(C)C(=O)OC(CC)C(C)(O)C(=O)C(C)C(N=NC(C)c1ccc(-c2ccccc2)cc1)C(C)CC(C)(COC1OC(C)CC(N(C)C)C1O)OC. The van der Waals surface area contributed by atoms with Gasteiger partial charge in [-0.3, -0.25) is 14.4 Å². The highest BCUT2D eigenvalue weighted by Gasteiger charge is 2.48. The van der Waals surface area contributed by atoms with E-state index in [1.807, 2.05) is 89.2 Å². The third-order valence-corrected chi connectivity index (χ3v) is 13.3. The Kier molecular flexibility index (Phi) is 20.7. The van der Waals surface area contributed by atoms with E-state index in [9.17, 15) is 24.6 Å². The van der Waals surface area contributed by atoms with Crippen LogP contribution in [0, 0.1) is 17.8 Å². The van der Waals surface area contributed by atoms with Crippen LogP contribution in [0.5, 0.6) is 5.75 Å². The molecule has 4 rings (SSSR count). The second kappa shape index (κ2) is 25.2. The molecule has 3 aromatic rings. The van der Waals surface area contributed by atoms with E-state index in [0.717, 1.165) is 22.3 Å². The molecule has 1 aliphatic heterocycles. The van der Waals surface area contributed by atoms with Crippen LogP contribution in [0.1, 0.15) is 105 Å². The van der Waals surface area contributed by atoms with Crippen molar-refractivity contribution in [1.82, 2.24) is 4.90 Å². The lowest BCUT2D eigenvalue weighted by atomic mass is 9.76. The summed E-state index contributed by atoms with van der Waals surface area (Å²) in [6, 6.07) is 23.9. The topological polar surface area (TPSA) is 175 Å². The zero-order valence-corrected chi connectivity index (χ0v) is 42.0. The van der Waals surface area contributed by atoms with Crippen molar-refractivity contribution < 1.29 is 53.0 Å². The summed E-state index contributed by atoms with van der Waals surface area (Å²) in [6.45, 7) is 16.0. The fourth-order valence-corrected chi connectivity index (χ4v) is 8.91. The smallest absolute Gasteiger partial charge is 0.312 e. The Labute approximate surface area is 398 Å². The number of Topliss-reactive ketones (excluding diaryl/α,β-unsaturated/α-hetero) is 1. The molecule has 1 saturated heterocycles. The van der Waals surface area contributed by atoms with E-state index in [1.54, 1.807) is 66.2 Å². The Morgan fingerprint density at radius 2 is 1.48 bits per heavy atom. The molecule has 0 aliphatic carbocycles. The Hall–Kier alpha value is -4.57. The number of ketones is 1. The minimum absolute atomic E-state index is 0.00226. The maximum atomic E-state index is 14.7. The number of aliphatic hydroxyl groups excluding tert-OH is 1. The summed E-state index contributed by atoms with van der Waals surface area (Å²) in [5, 5.41) is 32.9. The number of ether oxygens (including phenoxy) is 6. The molecule has 0 spiro atoms. The molecule has 1 heterocycles. The molecule has 0 saturated carbocycles. The average Bonchev–Trinajstić information content (AvgIpc) is 3.32. The molecule has 1 aliphatic rings. The highest BCUT2D eigenvalue weighted by Crippen LogP contribution is 2.35. The van der Waals surface area contributed by atoms with Gasteiger partial charge in [-0.15, -0.1) is 0 Å². The van der Waals surface area contributed by atoms with Gasteiger partial charge in [0.2, 0.25) is 0 Å². The van der Waals surface area contributed by atoms with Crippen molar-refractivity contribution in [2.24, 2.45) is 28.0 Å².